The molecule has 8 nitrogen and oxygen atoms in total. The van der Waals surface area contributed by atoms with Crippen LogP contribution in [-0.4, -0.2) is 71.8 Å². The Morgan fingerprint density at radius 3 is 2.77 bits per heavy atom. The van der Waals surface area contributed by atoms with Crippen LogP contribution >= 0.6 is 0 Å². The van der Waals surface area contributed by atoms with Gasteiger partial charge in [-0.3, -0.25) is 14.4 Å². The normalized spacial score (nSPS) is 38.2. The van der Waals surface area contributed by atoms with Gasteiger partial charge in [-0.1, -0.05) is 13.3 Å². The van der Waals surface area contributed by atoms with Gasteiger partial charge in [0.05, 0.1) is 30.2 Å². The number of piperidine rings is 2. The molecule has 3 aliphatic rings. The van der Waals surface area contributed by atoms with E-state index in [1.165, 1.54) is 0 Å². The van der Waals surface area contributed by atoms with E-state index in [1.54, 1.807) is 4.90 Å². The lowest BCUT2D eigenvalue weighted by Crippen LogP contribution is -2.59. The monoisotopic (exact) mass is 368 g/mol. The summed E-state index contributed by atoms with van der Waals surface area (Å²) in [6.45, 7) is 5.57. The van der Waals surface area contributed by atoms with E-state index in [2.05, 4.69) is 16.1 Å². The van der Waals surface area contributed by atoms with Gasteiger partial charge in [-0.25, -0.2) is 0 Å². The molecule has 8 heteroatoms. The van der Waals surface area contributed by atoms with Crippen LogP contribution < -0.4 is 16.1 Å². The van der Waals surface area contributed by atoms with Crippen LogP contribution in [0.15, 0.2) is 0 Å². The number of carbonyl (C=O) groups excluding carboxylic acids is 2. The molecule has 0 aliphatic carbocycles. The van der Waals surface area contributed by atoms with Gasteiger partial charge in [0.15, 0.2) is 0 Å². The van der Waals surface area contributed by atoms with Crippen LogP contribution in [0.1, 0.15) is 46.0 Å². The standard InChI is InChI=1S/C18H32N4O4/c1-3-12-16(11(2)26-21-12)18(25)22-9-7-13(15(23)10-22)20-17(24)14-6-4-5-8-19-14/h11-16,19,21,23H,3-10H2,1-2H3,(H,20,24)/t11?,12?,13-,14?,15-,16?/m1/s1. The highest BCUT2D eigenvalue weighted by Gasteiger charge is 2.43. The first-order valence-corrected chi connectivity index (χ1v) is 9.93. The van der Waals surface area contributed by atoms with Crippen molar-refractivity contribution in [2.45, 2.75) is 76.3 Å². The lowest BCUT2D eigenvalue weighted by Gasteiger charge is -2.38. The summed E-state index contributed by atoms with van der Waals surface area (Å²) in [4.78, 5) is 32.4. The summed E-state index contributed by atoms with van der Waals surface area (Å²) in [5, 5.41) is 16.7. The van der Waals surface area contributed by atoms with Crippen molar-refractivity contribution in [3.8, 4) is 0 Å². The van der Waals surface area contributed by atoms with Gasteiger partial charge in [0.2, 0.25) is 11.8 Å². The second-order valence-corrected chi connectivity index (χ2v) is 7.74. The number of hydroxylamine groups is 1. The van der Waals surface area contributed by atoms with Crippen LogP contribution in [0.25, 0.3) is 0 Å². The fourth-order valence-corrected chi connectivity index (χ4v) is 4.25. The summed E-state index contributed by atoms with van der Waals surface area (Å²) in [7, 11) is 0. The summed E-state index contributed by atoms with van der Waals surface area (Å²) in [6.07, 6.45) is 3.44. The number of likely N-dealkylation sites (tertiary alicyclic amines) is 1. The molecule has 3 heterocycles. The number of hydrogen-bond acceptors (Lipinski definition) is 6. The van der Waals surface area contributed by atoms with E-state index in [1.807, 2.05) is 13.8 Å². The van der Waals surface area contributed by atoms with Crippen molar-refractivity contribution in [2.24, 2.45) is 5.92 Å². The second-order valence-electron chi connectivity index (χ2n) is 7.74. The van der Waals surface area contributed by atoms with Crippen LogP contribution in [0.3, 0.4) is 0 Å². The molecule has 3 saturated heterocycles. The molecule has 0 aromatic heterocycles. The molecule has 0 bridgehead atoms. The van der Waals surface area contributed by atoms with Gasteiger partial charge in [-0.05, 0) is 39.2 Å². The fourth-order valence-electron chi connectivity index (χ4n) is 4.25. The molecular formula is C18H32N4O4. The van der Waals surface area contributed by atoms with E-state index in [-0.39, 0.29) is 48.5 Å². The van der Waals surface area contributed by atoms with E-state index >= 15 is 0 Å². The van der Waals surface area contributed by atoms with Crippen molar-refractivity contribution < 1.29 is 19.5 Å². The number of carbonyl (C=O) groups is 2. The SMILES string of the molecule is CCC1NOC(C)C1C(=O)N1CC[C@@H](NC(=O)C2CCCCN2)[C@H](O)C1. The largest absolute Gasteiger partial charge is 0.389 e. The van der Waals surface area contributed by atoms with Gasteiger partial charge in [0.25, 0.3) is 0 Å². The topological polar surface area (TPSA) is 103 Å². The number of rotatable bonds is 4. The Hall–Kier alpha value is -1.22. The first-order valence-electron chi connectivity index (χ1n) is 9.93. The Labute approximate surface area is 155 Å². The first kappa shape index (κ1) is 19.5. The van der Waals surface area contributed by atoms with Gasteiger partial charge >= 0.3 is 0 Å². The lowest BCUT2D eigenvalue weighted by molar-refractivity contribution is -0.141. The zero-order chi connectivity index (χ0) is 18.7. The number of hydrogen-bond donors (Lipinski definition) is 4. The first-order chi connectivity index (χ1) is 12.5. The quantitative estimate of drug-likeness (QED) is 0.535. The predicted molar refractivity (Wildman–Crippen MR) is 96.0 cm³/mol. The van der Waals surface area contributed by atoms with Crippen LogP contribution in [0.2, 0.25) is 0 Å². The van der Waals surface area contributed by atoms with E-state index in [4.69, 9.17) is 4.84 Å². The van der Waals surface area contributed by atoms with Crippen molar-refractivity contribution in [3.63, 3.8) is 0 Å². The number of nitrogens with zero attached hydrogens (tertiary/aromatic N) is 1. The highest BCUT2D eigenvalue weighted by Crippen LogP contribution is 2.25. The smallest absolute Gasteiger partial charge is 0.237 e. The maximum Gasteiger partial charge on any atom is 0.237 e. The van der Waals surface area contributed by atoms with Crippen LogP contribution in [0.4, 0.5) is 0 Å². The average Bonchev–Trinajstić information content (AvgIpc) is 3.04. The van der Waals surface area contributed by atoms with Crippen molar-refractivity contribution in [3.05, 3.63) is 0 Å². The maximum atomic E-state index is 12.9. The Morgan fingerprint density at radius 2 is 2.12 bits per heavy atom. The molecule has 2 amide bonds. The minimum Gasteiger partial charge on any atom is -0.389 e. The molecule has 4 N–H and O–H groups in total. The number of aliphatic hydroxyl groups is 1. The lowest BCUT2D eigenvalue weighted by atomic mass is 9.91. The van der Waals surface area contributed by atoms with E-state index < -0.39 is 6.10 Å². The van der Waals surface area contributed by atoms with Gasteiger partial charge < -0.3 is 20.6 Å². The Balaban J connectivity index is 1.53. The van der Waals surface area contributed by atoms with Crippen molar-refractivity contribution in [1.29, 1.82) is 0 Å². The number of nitrogens with one attached hydrogen (secondary N) is 3. The third kappa shape index (κ3) is 4.19. The molecule has 6 atom stereocenters. The minimum absolute atomic E-state index is 0.00412. The molecule has 148 valence electrons. The molecule has 26 heavy (non-hydrogen) atoms. The summed E-state index contributed by atoms with van der Waals surface area (Å²) >= 11 is 0. The van der Waals surface area contributed by atoms with E-state index in [0.29, 0.717) is 13.0 Å². The molecule has 0 spiro atoms. The Morgan fingerprint density at radius 1 is 1.31 bits per heavy atom. The predicted octanol–water partition coefficient (Wildman–Crippen LogP) is -0.475. The van der Waals surface area contributed by atoms with Crippen molar-refractivity contribution in [1.82, 2.24) is 21.0 Å². The Kier molecular flexibility index (Phi) is 6.50. The highest BCUT2D eigenvalue weighted by atomic mass is 16.7. The molecule has 0 aromatic carbocycles. The van der Waals surface area contributed by atoms with Gasteiger partial charge in [-0.2, -0.15) is 5.48 Å². The zero-order valence-corrected chi connectivity index (χ0v) is 15.7. The molecule has 0 radical (unpaired) electrons. The molecule has 3 rings (SSSR count). The number of amides is 2. The van der Waals surface area contributed by atoms with E-state index in [9.17, 15) is 14.7 Å². The average molecular weight is 368 g/mol. The van der Waals surface area contributed by atoms with Crippen molar-refractivity contribution >= 4 is 11.8 Å². The third-order valence-electron chi connectivity index (χ3n) is 5.92. The zero-order valence-electron chi connectivity index (χ0n) is 15.7. The van der Waals surface area contributed by atoms with Gasteiger partial charge in [0.1, 0.15) is 0 Å². The highest BCUT2D eigenvalue weighted by molar-refractivity contribution is 5.82. The summed E-state index contributed by atoms with van der Waals surface area (Å²) in [5.41, 5.74) is 2.93. The van der Waals surface area contributed by atoms with Crippen molar-refractivity contribution in [2.75, 3.05) is 19.6 Å². The molecule has 4 unspecified atom stereocenters. The summed E-state index contributed by atoms with van der Waals surface area (Å²) in [6, 6.07) is -0.458. The molecule has 0 aromatic rings. The third-order valence-corrected chi connectivity index (χ3v) is 5.92. The summed E-state index contributed by atoms with van der Waals surface area (Å²) in [5.74, 6) is -0.251. The van der Waals surface area contributed by atoms with E-state index in [0.717, 1.165) is 32.2 Å². The molecule has 3 fully saturated rings. The number of β-amino-alcohol motifs (C(OH)–C–C–N with tert-alkyl or cyclic N) is 1. The second kappa shape index (κ2) is 8.65. The maximum absolute atomic E-state index is 12.9. The Bertz CT molecular complexity index is 511. The minimum atomic E-state index is -0.745. The van der Waals surface area contributed by atoms with Crippen LogP contribution in [0.5, 0.6) is 0 Å². The summed E-state index contributed by atoms with van der Waals surface area (Å²) < 4.78 is 0. The molecule has 3 aliphatic heterocycles. The van der Waals surface area contributed by atoms with Crippen LogP contribution in [0, 0.1) is 5.92 Å². The molecule has 0 saturated carbocycles. The van der Waals surface area contributed by atoms with Gasteiger partial charge in [0, 0.05) is 19.1 Å². The van der Waals surface area contributed by atoms with Crippen LogP contribution in [-0.2, 0) is 14.4 Å². The molecular weight excluding hydrogens is 336 g/mol. The van der Waals surface area contributed by atoms with Gasteiger partial charge in [-0.15, -0.1) is 0 Å². The fraction of sp³-hybridized carbons (Fsp3) is 0.889. The number of aliphatic hydroxyl groups excluding tert-OH is 1.